The van der Waals surface area contributed by atoms with Crippen LogP contribution in [0.5, 0.6) is 5.75 Å². The highest BCUT2D eigenvalue weighted by atomic mass is 19.4. The molecule has 0 bridgehead atoms. The number of nitrogens with one attached hydrogen (secondary N) is 1. The van der Waals surface area contributed by atoms with Crippen LogP contribution in [0.1, 0.15) is 82.5 Å². The van der Waals surface area contributed by atoms with Gasteiger partial charge < -0.3 is 15.0 Å². The molecule has 0 aliphatic carbocycles. The van der Waals surface area contributed by atoms with Gasteiger partial charge in [0.2, 0.25) is 5.91 Å². The molecule has 1 saturated heterocycles. The molecule has 1 aliphatic rings. The summed E-state index contributed by atoms with van der Waals surface area (Å²) in [7, 11) is 0. The fourth-order valence-electron chi connectivity index (χ4n) is 4.24. The first kappa shape index (κ1) is 27.7. The second-order valence-electron chi connectivity index (χ2n) is 9.04. The first-order valence-corrected chi connectivity index (χ1v) is 12.2. The number of carbonyl (C=O) groups is 2. The number of piperidine rings is 1. The van der Waals surface area contributed by atoms with Gasteiger partial charge in [-0.25, -0.2) is 0 Å². The summed E-state index contributed by atoms with van der Waals surface area (Å²) < 4.78 is 45.5. The number of benzene rings is 1. The van der Waals surface area contributed by atoms with Crippen LogP contribution < -0.4 is 10.1 Å². The van der Waals surface area contributed by atoms with Crippen molar-refractivity contribution in [2.75, 3.05) is 18.4 Å². The van der Waals surface area contributed by atoms with Gasteiger partial charge in [-0.2, -0.15) is 13.2 Å². The Balaban J connectivity index is 2.12. The van der Waals surface area contributed by atoms with E-state index in [2.05, 4.69) is 11.9 Å². The van der Waals surface area contributed by atoms with Crippen LogP contribution >= 0.6 is 0 Å². The Hall–Kier alpha value is -2.51. The van der Waals surface area contributed by atoms with Crippen LogP contribution in [0.2, 0.25) is 0 Å². The van der Waals surface area contributed by atoms with Gasteiger partial charge in [0, 0.05) is 32.0 Å². The number of nitrogens with zero attached hydrogens (tertiary/aromatic N) is 1. The lowest BCUT2D eigenvalue weighted by molar-refractivity contribution is -0.130. The summed E-state index contributed by atoms with van der Waals surface area (Å²) in [4.78, 5) is 26.1. The van der Waals surface area contributed by atoms with E-state index in [0.29, 0.717) is 37.4 Å². The molecule has 1 fully saturated rings. The number of alkyl halides is 3. The van der Waals surface area contributed by atoms with Crippen molar-refractivity contribution in [2.24, 2.45) is 5.92 Å². The van der Waals surface area contributed by atoms with Crippen LogP contribution in [0, 0.1) is 5.92 Å². The number of rotatable bonds is 12. The third kappa shape index (κ3) is 8.37. The molecule has 1 aromatic rings. The van der Waals surface area contributed by atoms with Crippen molar-refractivity contribution in [2.45, 2.75) is 84.4 Å². The van der Waals surface area contributed by atoms with Crippen molar-refractivity contribution in [3.05, 3.63) is 36.0 Å². The van der Waals surface area contributed by atoms with Crippen LogP contribution in [0.4, 0.5) is 18.9 Å². The van der Waals surface area contributed by atoms with Crippen LogP contribution in [0.3, 0.4) is 0 Å². The Morgan fingerprint density at radius 2 is 1.79 bits per heavy atom. The van der Waals surface area contributed by atoms with E-state index in [9.17, 15) is 22.8 Å². The molecule has 0 radical (unpaired) electrons. The number of halogens is 3. The Labute approximate surface area is 200 Å². The van der Waals surface area contributed by atoms with Gasteiger partial charge in [0.05, 0.1) is 11.8 Å². The molecule has 0 unspecified atom stereocenters. The molecule has 0 atom stereocenters. The second-order valence-corrected chi connectivity index (χ2v) is 9.04. The summed E-state index contributed by atoms with van der Waals surface area (Å²) in [6.45, 7) is 10.1. The molecule has 34 heavy (non-hydrogen) atoms. The van der Waals surface area contributed by atoms with Crippen LogP contribution in [-0.4, -0.2) is 42.0 Å². The topological polar surface area (TPSA) is 58.6 Å². The third-order valence-corrected chi connectivity index (χ3v) is 6.28. The maximum Gasteiger partial charge on any atom is 0.430 e. The highest BCUT2D eigenvalue weighted by Crippen LogP contribution is 2.34. The van der Waals surface area contributed by atoms with Crippen molar-refractivity contribution in [1.29, 1.82) is 0 Å². The van der Waals surface area contributed by atoms with Crippen LogP contribution in [0.25, 0.3) is 0 Å². The number of Topliss-reactive ketones (excluding diaryl/α,β-unsaturated/α-hetero) is 1. The average molecular weight is 483 g/mol. The largest absolute Gasteiger partial charge is 0.488 e. The fourth-order valence-corrected chi connectivity index (χ4v) is 4.24. The Bertz CT molecular complexity index is 840. The van der Waals surface area contributed by atoms with E-state index in [4.69, 9.17) is 4.74 Å². The average Bonchev–Trinajstić information content (AvgIpc) is 2.78. The zero-order valence-electron chi connectivity index (χ0n) is 20.5. The van der Waals surface area contributed by atoms with Gasteiger partial charge in [-0.15, -0.1) is 0 Å². The molecule has 1 aliphatic heterocycles. The van der Waals surface area contributed by atoms with Gasteiger partial charge in [-0.3, -0.25) is 9.59 Å². The van der Waals surface area contributed by atoms with Crippen molar-refractivity contribution in [1.82, 2.24) is 4.90 Å². The fraction of sp³-hybridized carbons (Fsp3) is 0.615. The molecule has 8 heteroatoms. The number of ketones is 1. The standard InChI is InChI=1S/C26H37F3N2O3/c1-5-7-22(8-6-2)34-25-12-10-21(17-23(25)30-18(3)26(27,28)29)24(33)11-9-20-13-15-31(16-14-20)19(4)32/h10,12,17,20,22,30H,3,5-9,11,13-16H2,1-2,4H3. The predicted octanol–water partition coefficient (Wildman–Crippen LogP) is 6.74. The highest BCUT2D eigenvalue weighted by molar-refractivity contribution is 5.97. The van der Waals surface area contributed by atoms with E-state index in [1.54, 1.807) is 19.1 Å². The summed E-state index contributed by atoms with van der Waals surface area (Å²) >= 11 is 0. The summed E-state index contributed by atoms with van der Waals surface area (Å²) in [6.07, 6.45) is 1.34. The summed E-state index contributed by atoms with van der Waals surface area (Å²) in [5, 5.41) is 2.32. The minimum absolute atomic E-state index is 0.0671. The minimum Gasteiger partial charge on any atom is -0.488 e. The number of carbonyl (C=O) groups excluding carboxylic acids is 2. The van der Waals surface area contributed by atoms with Gasteiger partial charge in [0.25, 0.3) is 0 Å². The van der Waals surface area contributed by atoms with E-state index < -0.39 is 11.9 Å². The number of anilines is 1. The SMILES string of the molecule is C=C(Nc1cc(C(=O)CCC2CCN(C(C)=O)CC2)ccc1OC(CCC)CCC)C(F)(F)F. The highest BCUT2D eigenvalue weighted by Gasteiger charge is 2.33. The third-order valence-electron chi connectivity index (χ3n) is 6.28. The molecule has 1 N–H and O–H groups in total. The van der Waals surface area contributed by atoms with Gasteiger partial charge in [0.1, 0.15) is 11.4 Å². The summed E-state index contributed by atoms with van der Waals surface area (Å²) in [5.74, 6) is 0.580. The number of hydrogen-bond acceptors (Lipinski definition) is 4. The van der Waals surface area contributed by atoms with Crippen LogP contribution in [0.15, 0.2) is 30.5 Å². The Morgan fingerprint density at radius 1 is 1.18 bits per heavy atom. The first-order chi connectivity index (χ1) is 16.0. The summed E-state index contributed by atoms with van der Waals surface area (Å²) in [5.41, 5.74) is -0.671. The smallest absolute Gasteiger partial charge is 0.430 e. The predicted molar refractivity (Wildman–Crippen MR) is 128 cm³/mol. The molecule has 1 aromatic carbocycles. The molecule has 0 saturated carbocycles. The number of ether oxygens (including phenoxy) is 1. The number of hydrogen-bond donors (Lipinski definition) is 1. The molecular weight excluding hydrogens is 445 g/mol. The Morgan fingerprint density at radius 3 is 2.32 bits per heavy atom. The molecule has 5 nitrogen and oxygen atoms in total. The minimum atomic E-state index is -4.61. The quantitative estimate of drug-likeness (QED) is 0.335. The number of allylic oxidation sites excluding steroid dienone is 1. The van der Waals surface area contributed by atoms with E-state index in [0.717, 1.165) is 38.5 Å². The van der Waals surface area contributed by atoms with E-state index >= 15 is 0 Å². The van der Waals surface area contributed by atoms with Crippen molar-refractivity contribution < 1.29 is 27.5 Å². The molecule has 0 spiro atoms. The van der Waals surface area contributed by atoms with Crippen molar-refractivity contribution in [3.8, 4) is 5.75 Å². The molecule has 190 valence electrons. The van der Waals surface area contributed by atoms with Crippen molar-refractivity contribution >= 4 is 17.4 Å². The zero-order valence-corrected chi connectivity index (χ0v) is 20.5. The van der Waals surface area contributed by atoms with E-state index in [-0.39, 0.29) is 29.2 Å². The maximum atomic E-state index is 13.1. The lowest BCUT2D eigenvalue weighted by atomic mass is 9.90. The monoisotopic (exact) mass is 482 g/mol. The van der Waals surface area contributed by atoms with E-state index in [1.807, 2.05) is 18.7 Å². The van der Waals surface area contributed by atoms with Gasteiger partial charge >= 0.3 is 6.18 Å². The first-order valence-electron chi connectivity index (χ1n) is 12.2. The van der Waals surface area contributed by atoms with Gasteiger partial charge in [-0.1, -0.05) is 33.3 Å². The number of amides is 1. The molecule has 1 amide bonds. The maximum absolute atomic E-state index is 13.1. The van der Waals surface area contributed by atoms with Crippen LogP contribution in [-0.2, 0) is 4.79 Å². The van der Waals surface area contributed by atoms with Crippen molar-refractivity contribution in [3.63, 3.8) is 0 Å². The molecule has 1 heterocycles. The van der Waals surface area contributed by atoms with Gasteiger partial charge in [0.15, 0.2) is 5.78 Å². The van der Waals surface area contributed by atoms with E-state index in [1.165, 1.54) is 6.07 Å². The lowest BCUT2D eigenvalue weighted by Crippen LogP contribution is -2.37. The van der Waals surface area contributed by atoms with Gasteiger partial charge in [-0.05, 0) is 56.2 Å². The molecular formula is C26H37F3N2O3. The molecule has 0 aromatic heterocycles. The second kappa shape index (κ2) is 12.8. The molecule has 2 rings (SSSR count). The zero-order chi connectivity index (χ0) is 25.3. The normalized spacial score (nSPS) is 14.9. The number of likely N-dealkylation sites (tertiary alicyclic amines) is 1. The Kier molecular flexibility index (Phi) is 10.5. The summed E-state index contributed by atoms with van der Waals surface area (Å²) in [6, 6.07) is 4.62. The lowest BCUT2D eigenvalue weighted by Gasteiger charge is -2.31.